The summed E-state index contributed by atoms with van der Waals surface area (Å²) in [6.07, 6.45) is 1.76. The molecule has 102 valence electrons. The minimum Gasteiger partial charge on any atom is -0.399 e. The summed E-state index contributed by atoms with van der Waals surface area (Å²) in [5.41, 5.74) is 8.37. The topological polar surface area (TPSA) is 74.2 Å². The van der Waals surface area contributed by atoms with Crippen molar-refractivity contribution < 1.29 is 9.26 Å². The Balaban J connectivity index is 2.29. The maximum atomic E-state index is 5.73. The summed E-state index contributed by atoms with van der Waals surface area (Å²) in [5.74, 6) is 1.10. The van der Waals surface area contributed by atoms with Gasteiger partial charge in [-0.2, -0.15) is 4.98 Å². The maximum absolute atomic E-state index is 5.73. The number of nitrogen functional groups attached to an aromatic ring is 1. The monoisotopic (exact) mass is 261 g/mol. The molecule has 0 aliphatic rings. The maximum Gasteiger partial charge on any atom is 0.258 e. The van der Waals surface area contributed by atoms with Crippen LogP contribution in [0, 0.1) is 6.92 Å². The quantitative estimate of drug-likeness (QED) is 0.837. The Kier molecular flexibility index (Phi) is 4.16. The Labute approximate surface area is 112 Å². The first-order chi connectivity index (χ1) is 9.15. The molecular formula is C14H19N3O2. The van der Waals surface area contributed by atoms with E-state index >= 15 is 0 Å². The summed E-state index contributed by atoms with van der Waals surface area (Å²) in [5, 5.41) is 4.00. The third kappa shape index (κ3) is 2.93. The van der Waals surface area contributed by atoms with Crippen LogP contribution >= 0.6 is 0 Å². The van der Waals surface area contributed by atoms with Gasteiger partial charge in [-0.25, -0.2) is 0 Å². The highest BCUT2D eigenvalue weighted by atomic mass is 16.5. The first-order valence-electron chi connectivity index (χ1n) is 6.38. The molecule has 2 N–H and O–H groups in total. The number of methoxy groups -OCH3 is 1. The molecule has 0 amide bonds. The normalized spacial score (nSPS) is 12.6. The van der Waals surface area contributed by atoms with Crippen LogP contribution in [0.25, 0.3) is 11.5 Å². The van der Waals surface area contributed by atoms with Gasteiger partial charge < -0.3 is 15.0 Å². The van der Waals surface area contributed by atoms with Gasteiger partial charge in [0.15, 0.2) is 0 Å². The number of hydrogen-bond donors (Lipinski definition) is 1. The van der Waals surface area contributed by atoms with E-state index in [4.69, 9.17) is 15.0 Å². The number of aromatic nitrogens is 2. The number of aryl methyl sites for hydroxylation is 1. The molecule has 1 aromatic heterocycles. The first kappa shape index (κ1) is 13.5. The Morgan fingerprint density at radius 3 is 2.84 bits per heavy atom. The van der Waals surface area contributed by atoms with E-state index in [1.807, 2.05) is 25.1 Å². The number of rotatable bonds is 5. The van der Waals surface area contributed by atoms with Gasteiger partial charge in [0.2, 0.25) is 5.82 Å². The molecule has 1 heterocycles. The summed E-state index contributed by atoms with van der Waals surface area (Å²) in [4.78, 5) is 4.42. The summed E-state index contributed by atoms with van der Waals surface area (Å²) < 4.78 is 10.7. The van der Waals surface area contributed by atoms with Crippen molar-refractivity contribution in [1.82, 2.24) is 10.1 Å². The molecule has 2 aromatic rings. The Hall–Kier alpha value is -1.88. The molecule has 5 nitrogen and oxygen atoms in total. The Morgan fingerprint density at radius 2 is 2.21 bits per heavy atom. The standard InChI is InChI=1S/C14H19N3O2/c1-4-5-12(18-3)13-16-14(19-17-13)11-7-6-10(15)8-9(11)2/h6-8,12H,4-5,15H2,1-3H3. The van der Waals surface area contributed by atoms with Gasteiger partial charge in [0.25, 0.3) is 5.89 Å². The first-order valence-corrected chi connectivity index (χ1v) is 6.38. The molecule has 0 saturated heterocycles. The molecule has 0 bridgehead atoms. The highest BCUT2D eigenvalue weighted by Crippen LogP contribution is 2.26. The van der Waals surface area contributed by atoms with Crippen LogP contribution in [0.1, 0.15) is 37.3 Å². The molecule has 0 fully saturated rings. The van der Waals surface area contributed by atoms with Crippen molar-refractivity contribution in [1.29, 1.82) is 0 Å². The molecular weight excluding hydrogens is 242 g/mol. The number of nitrogens with zero attached hydrogens (tertiary/aromatic N) is 2. The lowest BCUT2D eigenvalue weighted by Crippen LogP contribution is -2.03. The van der Waals surface area contributed by atoms with E-state index in [1.165, 1.54) is 0 Å². The zero-order valence-corrected chi connectivity index (χ0v) is 11.5. The van der Waals surface area contributed by atoms with Crippen LogP contribution in [0.2, 0.25) is 0 Å². The van der Waals surface area contributed by atoms with Gasteiger partial charge in [-0.3, -0.25) is 0 Å². The van der Waals surface area contributed by atoms with Crippen LogP contribution in [0.4, 0.5) is 5.69 Å². The predicted molar refractivity (Wildman–Crippen MR) is 73.5 cm³/mol. The van der Waals surface area contributed by atoms with Crippen LogP contribution in [0.5, 0.6) is 0 Å². The van der Waals surface area contributed by atoms with E-state index in [0.29, 0.717) is 11.7 Å². The van der Waals surface area contributed by atoms with E-state index in [9.17, 15) is 0 Å². The van der Waals surface area contributed by atoms with Crippen molar-refractivity contribution in [3.05, 3.63) is 29.6 Å². The average Bonchev–Trinajstić information content (AvgIpc) is 2.85. The fourth-order valence-corrected chi connectivity index (χ4v) is 2.02. The van der Waals surface area contributed by atoms with Crippen molar-refractivity contribution in [3.63, 3.8) is 0 Å². The highest BCUT2D eigenvalue weighted by Gasteiger charge is 2.18. The third-order valence-corrected chi connectivity index (χ3v) is 3.05. The van der Waals surface area contributed by atoms with Crippen molar-refractivity contribution >= 4 is 5.69 Å². The second-order valence-electron chi connectivity index (χ2n) is 4.55. The molecule has 1 aromatic carbocycles. The number of anilines is 1. The van der Waals surface area contributed by atoms with E-state index in [2.05, 4.69) is 17.1 Å². The molecule has 0 spiro atoms. The Bertz CT molecular complexity index is 551. The zero-order chi connectivity index (χ0) is 13.8. The number of nitrogens with two attached hydrogens (primary N) is 1. The molecule has 1 unspecified atom stereocenters. The van der Waals surface area contributed by atoms with Gasteiger partial charge in [-0.15, -0.1) is 0 Å². The van der Waals surface area contributed by atoms with Crippen LogP contribution in [-0.4, -0.2) is 17.3 Å². The molecule has 2 rings (SSSR count). The van der Waals surface area contributed by atoms with Crippen LogP contribution in [0.15, 0.2) is 22.7 Å². The van der Waals surface area contributed by atoms with Crippen molar-refractivity contribution in [2.45, 2.75) is 32.8 Å². The fraction of sp³-hybridized carbons (Fsp3) is 0.429. The van der Waals surface area contributed by atoms with Gasteiger partial charge in [0.05, 0.1) is 0 Å². The summed E-state index contributed by atoms with van der Waals surface area (Å²) in [7, 11) is 1.66. The van der Waals surface area contributed by atoms with Gasteiger partial charge in [0, 0.05) is 18.4 Å². The number of hydrogen-bond acceptors (Lipinski definition) is 5. The summed E-state index contributed by atoms with van der Waals surface area (Å²) in [6, 6.07) is 5.61. The smallest absolute Gasteiger partial charge is 0.258 e. The largest absolute Gasteiger partial charge is 0.399 e. The molecule has 0 radical (unpaired) electrons. The van der Waals surface area contributed by atoms with Gasteiger partial charge in [0.1, 0.15) is 6.10 Å². The second kappa shape index (κ2) is 5.84. The lowest BCUT2D eigenvalue weighted by molar-refractivity contribution is 0.0854. The van der Waals surface area contributed by atoms with Gasteiger partial charge in [-0.05, 0) is 37.1 Å². The van der Waals surface area contributed by atoms with E-state index in [0.717, 1.165) is 29.7 Å². The minimum absolute atomic E-state index is 0.114. The van der Waals surface area contributed by atoms with Gasteiger partial charge >= 0.3 is 0 Å². The lowest BCUT2D eigenvalue weighted by atomic mass is 10.1. The molecule has 0 aliphatic heterocycles. The molecule has 0 aliphatic carbocycles. The number of ether oxygens (including phenoxy) is 1. The summed E-state index contributed by atoms with van der Waals surface area (Å²) >= 11 is 0. The molecule has 1 atom stereocenters. The third-order valence-electron chi connectivity index (χ3n) is 3.05. The van der Waals surface area contributed by atoms with E-state index in [1.54, 1.807) is 7.11 Å². The zero-order valence-electron chi connectivity index (χ0n) is 11.5. The van der Waals surface area contributed by atoms with Crippen LogP contribution in [-0.2, 0) is 4.74 Å². The summed E-state index contributed by atoms with van der Waals surface area (Å²) in [6.45, 7) is 4.06. The van der Waals surface area contributed by atoms with Gasteiger partial charge in [-0.1, -0.05) is 18.5 Å². The lowest BCUT2D eigenvalue weighted by Gasteiger charge is -2.08. The highest BCUT2D eigenvalue weighted by molar-refractivity contribution is 5.62. The van der Waals surface area contributed by atoms with Crippen LogP contribution < -0.4 is 5.73 Å². The van der Waals surface area contributed by atoms with Crippen LogP contribution in [0.3, 0.4) is 0 Å². The number of benzene rings is 1. The molecule has 5 heteroatoms. The Morgan fingerprint density at radius 1 is 1.42 bits per heavy atom. The molecule has 0 saturated carbocycles. The van der Waals surface area contributed by atoms with E-state index in [-0.39, 0.29) is 6.10 Å². The predicted octanol–water partition coefficient (Wildman–Crippen LogP) is 3.11. The average molecular weight is 261 g/mol. The SMILES string of the molecule is CCCC(OC)c1noc(-c2ccc(N)cc2C)n1. The van der Waals surface area contributed by atoms with Crippen molar-refractivity contribution in [2.24, 2.45) is 0 Å². The fourth-order valence-electron chi connectivity index (χ4n) is 2.02. The van der Waals surface area contributed by atoms with Crippen molar-refractivity contribution in [3.8, 4) is 11.5 Å². The molecule has 19 heavy (non-hydrogen) atoms. The second-order valence-corrected chi connectivity index (χ2v) is 4.55. The van der Waals surface area contributed by atoms with E-state index < -0.39 is 0 Å². The van der Waals surface area contributed by atoms with Crippen molar-refractivity contribution in [2.75, 3.05) is 12.8 Å². The minimum atomic E-state index is -0.114.